The van der Waals surface area contributed by atoms with Crippen LogP contribution in [0.3, 0.4) is 0 Å². The largest absolute Gasteiger partial charge is 0.307 e. The molecule has 0 spiro atoms. The van der Waals surface area contributed by atoms with Crippen LogP contribution in [0, 0.1) is 0 Å². The van der Waals surface area contributed by atoms with E-state index >= 15 is 0 Å². The summed E-state index contributed by atoms with van der Waals surface area (Å²) in [5.41, 5.74) is 2.61. The molecule has 0 bridgehead atoms. The van der Waals surface area contributed by atoms with Crippen molar-refractivity contribution in [3.05, 3.63) is 121 Å². The van der Waals surface area contributed by atoms with E-state index in [9.17, 15) is 4.57 Å². The predicted octanol–water partition coefficient (Wildman–Crippen LogP) is 5.21. The molecule has 6 rings (SSSR count). The first-order valence-corrected chi connectivity index (χ1v) is 12.5. The lowest BCUT2D eigenvalue weighted by Crippen LogP contribution is -2.27. The summed E-state index contributed by atoms with van der Waals surface area (Å²) in [4.78, 5) is 0. The molecule has 5 heteroatoms. The molecule has 0 N–H and O–H groups in total. The predicted molar refractivity (Wildman–Crippen MR) is 136 cm³/mol. The summed E-state index contributed by atoms with van der Waals surface area (Å²) >= 11 is 0. The van der Waals surface area contributed by atoms with Gasteiger partial charge < -0.3 is 4.57 Å². The molecule has 2 aromatic heterocycles. The maximum absolute atomic E-state index is 14.5. The van der Waals surface area contributed by atoms with E-state index in [1.54, 1.807) is 0 Å². The van der Waals surface area contributed by atoms with Gasteiger partial charge in [-0.15, -0.1) is 10.2 Å². The number of nitrogens with zero attached hydrogens (tertiary/aromatic N) is 3. The molecular formula is C28H20N3OP. The van der Waals surface area contributed by atoms with Gasteiger partial charge in [0.25, 0.3) is 0 Å². The summed E-state index contributed by atoms with van der Waals surface area (Å²) < 4.78 is 16.6. The molecular weight excluding hydrogens is 425 g/mol. The zero-order valence-corrected chi connectivity index (χ0v) is 18.6. The van der Waals surface area contributed by atoms with E-state index in [-0.39, 0.29) is 0 Å². The summed E-state index contributed by atoms with van der Waals surface area (Å²) in [6.07, 6.45) is 0. The van der Waals surface area contributed by atoms with Crippen LogP contribution in [0.25, 0.3) is 27.6 Å². The van der Waals surface area contributed by atoms with Gasteiger partial charge in [0.1, 0.15) is 5.44 Å². The number of hydrogen-bond donors (Lipinski definition) is 0. The SMILES string of the molecule is O=P(c1ccccc1)(c1ccccc1)c1ccc(-n2c3ccccc3c3ccccc32)nn1. The third-order valence-electron chi connectivity index (χ3n) is 6.01. The van der Waals surface area contributed by atoms with E-state index in [4.69, 9.17) is 0 Å². The molecule has 4 nitrogen and oxygen atoms in total. The van der Waals surface area contributed by atoms with Crippen LogP contribution < -0.4 is 16.0 Å². The highest BCUT2D eigenvalue weighted by atomic mass is 31.2. The minimum Gasteiger partial charge on any atom is -0.307 e. The van der Waals surface area contributed by atoms with E-state index in [0.717, 1.165) is 21.6 Å². The normalized spacial score (nSPS) is 11.8. The molecule has 2 heterocycles. The van der Waals surface area contributed by atoms with Gasteiger partial charge >= 0.3 is 0 Å². The third-order valence-corrected chi connectivity index (χ3v) is 8.94. The van der Waals surface area contributed by atoms with Crippen LogP contribution in [0.4, 0.5) is 0 Å². The van der Waals surface area contributed by atoms with Gasteiger partial charge in [0.2, 0.25) is 0 Å². The number of benzene rings is 4. The molecule has 0 radical (unpaired) electrons. The molecule has 4 aromatic carbocycles. The molecule has 0 aliphatic rings. The monoisotopic (exact) mass is 445 g/mol. The van der Waals surface area contributed by atoms with Gasteiger partial charge in [-0.1, -0.05) is 97.1 Å². The Kier molecular flexibility index (Phi) is 4.67. The molecule has 33 heavy (non-hydrogen) atoms. The summed E-state index contributed by atoms with van der Waals surface area (Å²) in [7, 11) is -3.15. The van der Waals surface area contributed by atoms with E-state index in [2.05, 4.69) is 39.0 Å². The van der Waals surface area contributed by atoms with Crippen molar-refractivity contribution < 1.29 is 4.57 Å². The van der Waals surface area contributed by atoms with E-state index in [0.29, 0.717) is 11.3 Å². The average molecular weight is 445 g/mol. The van der Waals surface area contributed by atoms with Gasteiger partial charge in [0.15, 0.2) is 13.0 Å². The molecule has 6 aromatic rings. The Bertz CT molecular complexity index is 1530. The van der Waals surface area contributed by atoms with Crippen molar-refractivity contribution in [3.8, 4) is 5.82 Å². The molecule has 0 aliphatic heterocycles. The Hall–Kier alpha value is -4.01. The molecule has 0 unspecified atom stereocenters. The first kappa shape index (κ1) is 19.7. The molecule has 0 amide bonds. The fraction of sp³-hybridized carbons (Fsp3) is 0. The van der Waals surface area contributed by atoms with Crippen LogP contribution in [0.15, 0.2) is 121 Å². The first-order chi connectivity index (χ1) is 16.3. The smallest absolute Gasteiger partial charge is 0.190 e. The van der Waals surface area contributed by atoms with E-state index < -0.39 is 7.14 Å². The Labute approximate surface area is 191 Å². The summed E-state index contributed by atoms with van der Waals surface area (Å²) in [6, 6.07) is 39.4. The van der Waals surface area contributed by atoms with Crippen molar-refractivity contribution in [2.75, 3.05) is 0 Å². The van der Waals surface area contributed by atoms with E-state index in [1.165, 1.54) is 10.8 Å². The second kappa shape index (κ2) is 7.84. The molecule has 0 atom stereocenters. The highest BCUT2D eigenvalue weighted by Gasteiger charge is 2.31. The lowest BCUT2D eigenvalue weighted by molar-refractivity contribution is 0.591. The second-order valence-corrected chi connectivity index (χ2v) is 10.6. The summed E-state index contributed by atoms with van der Waals surface area (Å²) in [5.74, 6) is 0.698. The third kappa shape index (κ3) is 3.11. The van der Waals surface area contributed by atoms with Crippen LogP contribution in [0.1, 0.15) is 0 Å². The number of rotatable bonds is 4. The number of para-hydroxylation sites is 2. The Morgan fingerprint density at radius 1 is 0.515 bits per heavy atom. The molecule has 0 aliphatic carbocycles. The summed E-state index contributed by atoms with van der Waals surface area (Å²) in [5, 5.41) is 12.9. The minimum atomic E-state index is -3.15. The van der Waals surface area contributed by atoms with Crippen molar-refractivity contribution in [3.63, 3.8) is 0 Å². The van der Waals surface area contributed by atoms with Gasteiger partial charge in [-0.3, -0.25) is 4.57 Å². The fourth-order valence-electron chi connectivity index (χ4n) is 4.46. The maximum Gasteiger partial charge on any atom is 0.190 e. The van der Waals surface area contributed by atoms with Gasteiger partial charge in [-0.2, -0.15) is 0 Å². The first-order valence-electron chi connectivity index (χ1n) is 10.8. The fourth-order valence-corrected chi connectivity index (χ4v) is 6.93. The van der Waals surface area contributed by atoms with Crippen LogP contribution in [-0.2, 0) is 4.57 Å². The summed E-state index contributed by atoms with van der Waals surface area (Å²) in [6.45, 7) is 0. The van der Waals surface area contributed by atoms with Gasteiger partial charge in [-0.05, 0) is 24.3 Å². The zero-order valence-electron chi connectivity index (χ0n) is 17.7. The molecule has 0 fully saturated rings. The van der Waals surface area contributed by atoms with Crippen LogP contribution in [-0.4, -0.2) is 14.8 Å². The average Bonchev–Trinajstić information content (AvgIpc) is 3.24. The standard InChI is InChI=1S/C28H20N3OP/c32-33(21-11-3-1-4-12-21,22-13-5-2-6-14-22)28-20-19-27(29-30-28)31-25-17-9-7-15-23(25)24-16-8-10-18-26(24)31/h1-20H. The quantitative estimate of drug-likeness (QED) is 0.350. The Morgan fingerprint density at radius 3 is 1.48 bits per heavy atom. The lowest BCUT2D eigenvalue weighted by atomic mass is 10.2. The maximum atomic E-state index is 14.5. The number of hydrogen-bond acceptors (Lipinski definition) is 3. The second-order valence-electron chi connectivity index (χ2n) is 7.90. The Balaban J connectivity index is 1.55. The van der Waals surface area contributed by atoms with E-state index in [1.807, 2.05) is 97.1 Å². The molecule has 0 saturated carbocycles. The van der Waals surface area contributed by atoms with Crippen molar-refractivity contribution >= 4 is 45.0 Å². The van der Waals surface area contributed by atoms with Crippen molar-refractivity contribution in [1.29, 1.82) is 0 Å². The van der Waals surface area contributed by atoms with Gasteiger partial charge in [0, 0.05) is 21.4 Å². The van der Waals surface area contributed by atoms with Gasteiger partial charge in [-0.25, -0.2) is 0 Å². The van der Waals surface area contributed by atoms with Crippen LogP contribution in [0.2, 0.25) is 0 Å². The Morgan fingerprint density at radius 2 is 1.00 bits per heavy atom. The number of fused-ring (bicyclic) bond motifs is 3. The molecule has 158 valence electrons. The zero-order chi connectivity index (χ0) is 22.3. The van der Waals surface area contributed by atoms with Crippen molar-refractivity contribution in [2.45, 2.75) is 0 Å². The minimum absolute atomic E-state index is 0.476. The van der Waals surface area contributed by atoms with Crippen LogP contribution >= 0.6 is 7.14 Å². The molecule has 0 saturated heterocycles. The highest BCUT2D eigenvalue weighted by molar-refractivity contribution is 7.85. The van der Waals surface area contributed by atoms with Crippen molar-refractivity contribution in [1.82, 2.24) is 14.8 Å². The van der Waals surface area contributed by atoms with Crippen LogP contribution in [0.5, 0.6) is 0 Å². The van der Waals surface area contributed by atoms with Gasteiger partial charge in [0.05, 0.1) is 11.0 Å². The van der Waals surface area contributed by atoms with Crippen molar-refractivity contribution in [2.24, 2.45) is 0 Å². The topological polar surface area (TPSA) is 47.8 Å². The number of aromatic nitrogens is 3. The lowest BCUT2D eigenvalue weighted by Gasteiger charge is -2.18. The highest BCUT2D eigenvalue weighted by Crippen LogP contribution is 2.41.